The van der Waals surface area contributed by atoms with Crippen LogP contribution in [0, 0.1) is 0 Å². The number of benzene rings is 2. The highest BCUT2D eigenvalue weighted by atomic mass is 79.9. The van der Waals surface area contributed by atoms with E-state index in [0.29, 0.717) is 46.0 Å². The van der Waals surface area contributed by atoms with E-state index in [1.54, 1.807) is 36.4 Å². The molecule has 2 rings (SSSR count). The van der Waals surface area contributed by atoms with Gasteiger partial charge in [0.2, 0.25) is 5.91 Å². The number of carbonyl (C=O) groups is 1. The van der Waals surface area contributed by atoms with Gasteiger partial charge in [-0.1, -0.05) is 34.8 Å². The number of carbonyl (C=O) groups excluding carboxylic acids is 1. The van der Waals surface area contributed by atoms with E-state index in [0.717, 1.165) is 4.47 Å². The number of anilines is 1. The van der Waals surface area contributed by atoms with Crippen molar-refractivity contribution >= 4 is 62.3 Å². The first-order chi connectivity index (χ1) is 11.0. The fraction of sp³-hybridized carbons (Fsp3) is 0.188. The molecule has 122 valence electrons. The Morgan fingerprint density at radius 3 is 2.57 bits per heavy atom. The Labute approximate surface area is 158 Å². The lowest BCUT2D eigenvalue weighted by Crippen LogP contribution is -2.12. The van der Waals surface area contributed by atoms with Crippen molar-refractivity contribution < 1.29 is 9.53 Å². The smallest absolute Gasteiger partial charge is 0.224 e. The number of halogens is 4. The van der Waals surface area contributed by atoms with Crippen molar-refractivity contribution in [3.63, 3.8) is 0 Å². The van der Waals surface area contributed by atoms with Gasteiger partial charge in [-0.05, 0) is 58.7 Å². The molecule has 0 atom stereocenters. The summed E-state index contributed by atoms with van der Waals surface area (Å²) in [6.07, 6.45) is 0.897. The maximum atomic E-state index is 11.9. The minimum Gasteiger partial charge on any atom is -0.492 e. The van der Waals surface area contributed by atoms with Gasteiger partial charge in [-0.2, -0.15) is 0 Å². The van der Waals surface area contributed by atoms with Crippen molar-refractivity contribution in [2.75, 3.05) is 11.9 Å². The lowest BCUT2D eigenvalue weighted by molar-refractivity contribution is -0.116. The van der Waals surface area contributed by atoms with Gasteiger partial charge in [0.05, 0.1) is 16.7 Å². The molecule has 0 aromatic heterocycles. The second kappa shape index (κ2) is 8.78. The zero-order chi connectivity index (χ0) is 16.8. The van der Waals surface area contributed by atoms with E-state index >= 15 is 0 Å². The zero-order valence-electron chi connectivity index (χ0n) is 11.9. The van der Waals surface area contributed by atoms with Gasteiger partial charge in [0, 0.05) is 21.6 Å². The third-order valence-electron chi connectivity index (χ3n) is 2.90. The predicted octanol–water partition coefficient (Wildman–Crippen LogP) is 6.21. The van der Waals surface area contributed by atoms with E-state index in [-0.39, 0.29) is 5.91 Å². The summed E-state index contributed by atoms with van der Waals surface area (Å²) in [7, 11) is 0. The highest BCUT2D eigenvalue weighted by Crippen LogP contribution is 2.28. The number of ether oxygens (including phenoxy) is 1. The van der Waals surface area contributed by atoms with E-state index in [1.165, 1.54) is 0 Å². The molecule has 0 saturated carbocycles. The summed E-state index contributed by atoms with van der Waals surface area (Å²) in [6.45, 7) is 0.385. The van der Waals surface area contributed by atoms with E-state index in [9.17, 15) is 4.79 Å². The molecule has 0 bridgehead atoms. The molecule has 7 heteroatoms. The number of amides is 1. The van der Waals surface area contributed by atoms with Gasteiger partial charge in [0.1, 0.15) is 5.75 Å². The Bertz CT molecular complexity index is 710. The molecular weight excluding hydrogens is 424 g/mol. The number of rotatable bonds is 6. The maximum Gasteiger partial charge on any atom is 0.224 e. The van der Waals surface area contributed by atoms with Crippen molar-refractivity contribution in [2.45, 2.75) is 12.8 Å². The molecule has 0 aliphatic carbocycles. The number of hydrogen-bond donors (Lipinski definition) is 1. The summed E-state index contributed by atoms with van der Waals surface area (Å²) in [5.74, 6) is 0.449. The predicted molar refractivity (Wildman–Crippen MR) is 99.0 cm³/mol. The molecule has 2 aromatic rings. The summed E-state index contributed by atoms with van der Waals surface area (Å²) in [6, 6.07) is 10.3. The van der Waals surface area contributed by atoms with Gasteiger partial charge in [-0.25, -0.2) is 0 Å². The highest BCUT2D eigenvalue weighted by Gasteiger charge is 2.06. The molecule has 1 N–H and O–H groups in total. The highest BCUT2D eigenvalue weighted by molar-refractivity contribution is 9.10. The van der Waals surface area contributed by atoms with Crippen LogP contribution < -0.4 is 10.1 Å². The summed E-state index contributed by atoms with van der Waals surface area (Å²) < 4.78 is 6.31. The topological polar surface area (TPSA) is 38.3 Å². The minimum atomic E-state index is -0.103. The van der Waals surface area contributed by atoms with Gasteiger partial charge in [-0.3, -0.25) is 4.79 Å². The van der Waals surface area contributed by atoms with Crippen molar-refractivity contribution in [1.82, 2.24) is 0 Å². The van der Waals surface area contributed by atoms with Crippen LogP contribution in [-0.4, -0.2) is 12.5 Å². The molecule has 0 aliphatic heterocycles. The van der Waals surface area contributed by atoms with Gasteiger partial charge in [0.15, 0.2) is 0 Å². The molecule has 0 unspecified atom stereocenters. The van der Waals surface area contributed by atoms with E-state index in [1.807, 2.05) is 0 Å². The summed E-state index contributed by atoms with van der Waals surface area (Å²) in [5.41, 5.74) is 0.657. The molecule has 3 nitrogen and oxygen atoms in total. The largest absolute Gasteiger partial charge is 0.492 e. The Hall–Kier alpha value is -0.940. The molecule has 0 heterocycles. The Morgan fingerprint density at radius 2 is 1.87 bits per heavy atom. The molecule has 0 fully saturated rings. The Balaban J connectivity index is 1.75. The van der Waals surface area contributed by atoms with Gasteiger partial charge < -0.3 is 10.1 Å². The summed E-state index contributed by atoms with van der Waals surface area (Å²) in [4.78, 5) is 11.9. The van der Waals surface area contributed by atoms with E-state index in [2.05, 4.69) is 21.2 Å². The van der Waals surface area contributed by atoms with Crippen LogP contribution in [-0.2, 0) is 4.79 Å². The maximum absolute atomic E-state index is 11.9. The molecule has 2 aromatic carbocycles. The minimum absolute atomic E-state index is 0.103. The molecule has 1 amide bonds. The number of nitrogens with one attached hydrogen (secondary N) is 1. The lowest BCUT2D eigenvalue weighted by atomic mass is 10.2. The third kappa shape index (κ3) is 5.88. The quantitative estimate of drug-likeness (QED) is 0.546. The van der Waals surface area contributed by atoms with Crippen molar-refractivity contribution in [3.05, 3.63) is 55.9 Å². The van der Waals surface area contributed by atoms with Crippen LogP contribution >= 0.6 is 50.7 Å². The van der Waals surface area contributed by atoms with Crippen molar-refractivity contribution in [1.29, 1.82) is 0 Å². The average Bonchev–Trinajstić information content (AvgIpc) is 2.49. The molecule has 0 saturated heterocycles. The molecule has 23 heavy (non-hydrogen) atoms. The van der Waals surface area contributed by atoms with Crippen LogP contribution in [0.15, 0.2) is 40.9 Å². The normalized spacial score (nSPS) is 10.4. The molecule has 0 radical (unpaired) electrons. The second-order valence-corrected chi connectivity index (χ2v) is 6.81. The third-order valence-corrected chi connectivity index (χ3v) is 4.67. The van der Waals surface area contributed by atoms with Crippen LogP contribution in [0.3, 0.4) is 0 Å². The number of hydrogen-bond acceptors (Lipinski definition) is 2. The van der Waals surface area contributed by atoms with Crippen LogP contribution in [0.1, 0.15) is 12.8 Å². The summed E-state index contributed by atoms with van der Waals surface area (Å²) in [5, 5.41) is 4.33. The summed E-state index contributed by atoms with van der Waals surface area (Å²) >= 11 is 21.1. The van der Waals surface area contributed by atoms with Crippen molar-refractivity contribution in [2.24, 2.45) is 0 Å². The first-order valence-electron chi connectivity index (χ1n) is 6.78. The van der Waals surface area contributed by atoms with Crippen molar-refractivity contribution in [3.8, 4) is 5.75 Å². The lowest BCUT2D eigenvalue weighted by Gasteiger charge is -2.09. The molecular formula is C16H13BrCl3NO2. The fourth-order valence-corrected chi connectivity index (χ4v) is 2.69. The van der Waals surface area contributed by atoms with E-state index < -0.39 is 0 Å². The fourth-order valence-electron chi connectivity index (χ4n) is 1.80. The second-order valence-electron chi connectivity index (χ2n) is 4.70. The standard InChI is InChI=1S/C16H13BrCl3NO2/c17-12-5-4-11(9-13(12)19)21-16(22)2-1-7-23-15-6-3-10(18)8-14(15)20/h3-6,8-9H,1-2,7H2,(H,21,22). The van der Waals surface area contributed by atoms with Gasteiger partial charge in [-0.15, -0.1) is 0 Å². The molecule has 0 spiro atoms. The zero-order valence-corrected chi connectivity index (χ0v) is 15.8. The van der Waals surface area contributed by atoms with Gasteiger partial charge >= 0.3 is 0 Å². The van der Waals surface area contributed by atoms with Crippen LogP contribution in [0.2, 0.25) is 15.1 Å². The first-order valence-corrected chi connectivity index (χ1v) is 8.71. The van der Waals surface area contributed by atoms with Crippen LogP contribution in [0.25, 0.3) is 0 Å². The monoisotopic (exact) mass is 435 g/mol. The van der Waals surface area contributed by atoms with Crippen LogP contribution in [0.4, 0.5) is 5.69 Å². The Morgan fingerprint density at radius 1 is 1.09 bits per heavy atom. The Kier molecular flexibility index (Phi) is 7.03. The SMILES string of the molecule is O=C(CCCOc1ccc(Cl)cc1Cl)Nc1ccc(Br)c(Cl)c1. The van der Waals surface area contributed by atoms with Gasteiger partial charge in [0.25, 0.3) is 0 Å². The molecule has 0 aliphatic rings. The first kappa shape index (κ1) is 18.4. The van der Waals surface area contributed by atoms with E-state index in [4.69, 9.17) is 39.5 Å². The van der Waals surface area contributed by atoms with Crippen LogP contribution in [0.5, 0.6) is 5.75 Å². The average molecular weight is 438 g/mol.